The van der Waals surface area contributed by atoms with Crippen molar-refractivity contribution in [3.8, 4) is 0 Å². The molecule has 1 aliphatic rings. The van der Waals surface area contributed by atoms with Gasteiger partial charge in [0.2, 0.25) is 0 Å². The van der Waals surface area contributed by atoms with E-state index in [2.05, 4.69) is 65.7 Å². The average Bonchev–Trinajstić information content (AvgIpc) is 2.51. The van der Waals surface area contributed by atoms with E-state index in [1.54, 1.807) is 0 Å². The third-order valence-corrected chi connectivity index (χ3v) is 4.47. The summed E-state index contributed by atoms with van der Waals surface area (Å²) in [6.07, 6.45) is 0. The first-order chi connectivity index (χ1) is 10.2. The van der Waals surface area contributed by atoms with Crippen LogP contribution in [0.5, 0.6) is 0 Å². The van der Waals surface area contributed by atoms with Crippen molar-refractivity contribution in [2.45, 2.75) is 19.5 Å². The lowest BCUT2D eigenvalue weighted by Crippen LogP contribution is -2.45. The van der Waals surface area contributed by atoms with E-state index in [-0.39, 0.29) is 0 Å². The fraction of sp³-hybridized carbons (Fsp3) is 0.333. The number of benzene rings is 2. The Morgan fingerprint density at radius 2 is 2.00 bits per heavy atom. The van der Waals surface area contributed by atoms with Gasteiger partial charge in [0.15, 0.2) is 0 Å². The lowest BCUT2D eigenvalue weighted by molar-refractivity contribution is 0.154. The minimum Gasteiger partial charge on any atom is -0.314 e. The summed E-state index contributed by atoms with van der Waals surface area (Å²) in [6.45, 7) is 6.05. The molecule has 0 radical (unpaired) electrons. The summed E-state index contributed by atoms with van der Waals surface area (Å²) < 4.78 is 0. The molecule has 1 heterocycles. The maximum atomic E-state index is 6.40. The number of aryl methyl sites for hydroxylation is 1. The zero-order chi connectivity index (χ0) is 14.7. The molecule has 1 fully saturated rings. The predicted molar refractivity (Wildman–Crippen MR) is 88.7 cm³/mol. The maximum Gasteiger partial charge on any atom is 0.0476 e. The minimum absolute atomic E-state index is 0.414. The van der Waals surface area contributed by atoms with Gasteiger partial charge in [-0.25, -0.2) is 0 Å². The highest BCUT2D eigenvalue weighted by Gasteiger charge is 2.24. The van der Waals surface area contributed by atoms with Crippen LogP contribution in [0.3, 0.4) is 0 Å². The zero-order valence-corrected chi connectivity index (χ0v) is 13.1. The SMILES string of the molecule is Cc1ccc(CN2CCNCC2c2ccccc2)c(Cl)c1. The Morgan fingerprint density at radius 3 is 2.76 bits per heavy atom. The van der Waals surface area contributed by atoms with Crippen LogP contribution in [0, 0.1) is 6.92 Å². The molecule has 1 unspecified atom stereocenters. The highest BCUT2D eigenvalue weighted by atomic mass is 35.5. The Balaban J connectivity index is 1.81. The number of piperazine rings is 1. The fourth-order valence-corrected chi connectivity index (χ4v) is 3.23. The van der Waals surface area contributed by atoms with E-state index in [0.717, 1.165) is 31.2 Å². The summed E-state index contributed by atoms with van der Waals surface area (Å²) in [5.74, 6) is 0. The van der Waals surface area contributed by atoms with E-state index >= 15 is 0 Å². The van der Waals surface area contributed by atoms with Crippen LogP contribution in [0.2, 0.25) is 5.02 Å². The summed E-state index contributed by atoms with van der Waals surface area (Å²) in [7, 11) is 0. The zero-order valence-electron chi connectivity index (χ0n) is 12.3. The Labute approximate surface area is 131 Å². The van der Waals surface area contributed by atoms with Crippen molar-refractivity contribution in [2.75, 3.05) is 19.6 Å². The maximum absolute atomic E-state index is 6.40. The van der Waals surface area contributed by atoms with Crippen molar-refractivity contribution in [3.63, 3.8) is 0 Å². The van der Waals surface area contributed by atoms with E-state index in [1.165, 1.54) is 16.7 Å². The topological polar surface area (TPSA) is 15.3 Å². The number of rotatable bonds is 3. The van der Waals surface area contributed by atoms with Gasteiger partial charge in [0, 0.05) is 37.2 Å². The molecule has 0 spiro atoms. The third-order valence-electron chi connectivity index (χ3n) is 4.12. The van der Waals surface area contributed by atoms with Crippen molar-refractivity contribution in [1.82, 2.24) is 10.2 Å². The van der Waals surface area contributed by atoms with Crippen molar-refractivity contribution >= 4 is 11.6 Å². The van der Waals surface area contributed by atoms with Gasteiger partial charge < -0.3 is 5.32 Å². The van der Waals surface area contributed by atoms with Crippen LogP contribution in [-0.4, -0.2) is 24.5 Å². The van der Waals surface area contributed by atoms with Gasteiger partial charge in [0.25, 0.3) is 0 Å². The second-order valence-corrected chi connectivity index (χ2v) is 6.10. The Morgan fingerprint density at radius 1 is 1.19 bits per heavy atom. The molecule has 0 aliphatic carbocycles. The molecule has 1 saturated heterocycles. The molecule has 0 saturated carbocycles. The lowest BCUT2D eigenvalue weighted by atomic mass is 10.0. The minimum atomic E-state index is 0.414. The molecule has 0 aromatic heterocycles. The molecular formula is C18H21ClN2. The summed E-state index contributed by atoms with van der Waals surface area (Å²) >= 11 is 6.40. The molecule has 2 aromatic rings. The monoisotopic (exact) mass is 300 g/mol. The largest absolute Gasteiger partial charge is 0.314 e. The van der Waals surface area contributed by atoms with E-state index in [0.29, 0.717) is 6.04 Å². The average molecular weight is 301 g/mol. The van der Waals surface area contributed by atoms with Crippen LogP contribution in [0.4, 0.5) is 0 Å². The molecule has 0 amide bonds. The number of nitrogens with zero attached hydrogens (tertiary/aromatic N) is 1. The molecule has 1 aliphatic heterocycles. The molecule has 110 valence electrons. The van der Waals surface area contributed by atoms with E-state index in [1.807, 2.05) is 0 Å². The molecule has 21 heavy (non-hydrogen) atoms. The Kier molecular flexibility index (Phi) is 4.59. The second-order valence-electron chi connectivity index (χ2n) is 5.70. The third kappa shape index (κ3) is 3.46. The van der Waals surface area contributed by atoms with Crippen molar-refractivity contribution in [2.24, 2.45) is 0 Å². The van der Waals surface area contributed by atoms with Crippen LogP contribution in [0.15, 0.2) is 48.5 Å². The Hall–Kier alpha value is -1.35. The van der Waals surface area contributed by atoms with Crippen molar-refractivity contribution in [3.05, 3.63) is 70.2 Å². The number of nitrogens with one attached hydrogen (secondary N) is 1. The highest BCUT2D eigenvalue weighted by molar-refractivity contribution is 6.31. The number of hydrogen-bond acceptors (Lipinski definition) is 2. The van der Waals surface area contributed by atoms with Gasteiger partial charge in [-0.2, -0.15) is 0 Å². The molecule has 2 aromatic carbocycles. The molecule has 0 bridgehead atoms. The first kappa shape index (κ1) is 14.6. The van der Waals surface area contributed by atoms with Crippen LogP contribution >= 0.6 is 11.6 Å². The lowest BCUT2D eigenvalue weighted by Gasteiger charge is -2.36. The molecule has 2 nitrogen and oxygen atoms in total. The van der Waals surface area contributed by atoms with Gasteiger partial charge in [-0.3, -0.25) is 4.90 Å². The summed E-state index contributed by atoms with van der Waals surface area (Å²) in [5.41, 5.74) is 3.79. The summed E-state index contributed by atoms with van der Waals surface area (Å²) in [4.78, 5) is 2.52. The number of halogens is 1. The molecule has 1 N–H and O–H groups in total. The van der Waals surface area contributed by atoms with Crippen LogP contribution in [-0.2, 0) is 6.54 Å². The first-order valence-electron chi connectivity index (χ1n) is 7.49. The quantitative estimate of drug-likeness (QED) is 0.927. The normalized spacial score (nSPS) is 19.6. The van der Waals surface area contributed by atoms with E-state index in [4.69, 9.17) is 11.6 Å². The molecule has 3 heteroatoms. The standard InChI is InChI=1S/C18H21ClN2/c1-14-7-8-16(17(19)11-14)13-21-10-9-20-12-18(21)15-5-3-2-4-6-15/h2-8,11,18,20H,9-10,12-13H2,1H3. The fourth-order valence-electron chi connectivity index (χ4n) is 2.94. The van der Waals surface area contributed by atoms with Crippen LogP contribution in [0.25, 0.3) is 0 Å². The smallest absolute Gasteiger partial charge is 0.0476 e. The van der Waals surface area contributed by atoms with Gasteiger partial charge in [-0.1, -0.05) is 54.1 Å². The van der Waals surface area contributed by atoms with Crippen LogP contribution in [0.1, 0.15) is 22.7 Å². The Bertz CT molecular complexity index is 597. The summed E-state index contributed by atoms with van der Waals surface area (Å²) in [6, 6.07) is 17.5. The second kappa shape index (κ2) is 6.61. The van der Waals surface area contributed by atoms with Gasteiger partial charge in [0.1, 0.15) is 0 Å². The number of hydrogen-bond donors (Lipinski definition) is 1. The van der Waals surface area contributed by atoms with Crippen LogP contribution < -0.4 is 5.32 Å². The molecular weight excluding hydrogens is 280 g/mol. The van der Waals surface area contributed by atoms with Gasteiger partial charge in [0.05, 0.1) is 0 Å². The van der Waals surface area contributed by atoms with Gasteiger partial charge >= 0.3 is 0 Å². The highest BCUT2D eigenvalue weighted by Crippen LogP contribution is 2.26. The van der Waals surface area contributed by atoms with E-state index < -0.39 is 0 Å². The first-order valence-corrected chi connectivity index (χ1v) is 7.86. The van der Waals surface area contributed by atoms with Crippen molar-refractivity contribution < 1.29 is 0 Å². The predicted octanol–water partition coefficient (Wildman–Crippen LogP) is 3.79. The molecule has 1 atom stereocenters. The summed E-state index contributed by atoms with van der Waals surface area (Å²) in [5, 5.41) is 4.37. The van der Waals surface area contributed by atoms with Gasteiger partial charge in [-0.15, -0.1) is 0 Å². The van der Waals surface area contributed by atoms with E-state index in [9.17, 15) is 0 Å². The van der Waals surface area contributed by atoms with Crippen molar-refractivity contribution in [1.29, 1.82) is 0 Å². The van der Waals surface area contributed by atoms with Gasteiger partial charge in [-0.05, 0) is 29.7 Å². The molecule has 3 rings (SSSR count).